The van der Waals surface area contributed by atoms with Gasteiger partial charge in [0.15, 0.2) is 17.3 Å². The fourth-order valence-corrected chi connectivity index (χ4v) is 5.02. The zero-order valence-electron chi connectivity index (χ0n) is 25.6. The molecule has 3 amide bonds. The van der Waals surface area contributed by atoms with Gasteiger partial charge in [-0.3, -0.25) is 19.2 Å². The van der Waals surface area contributed by atoms with Crippen molar-refractivity contribution in [3.05, 3.63) is 59.7 Å². The molecule has 0 aromatic heterocycles. The maximum absolute atomic E-state index is 13.8. The molecule has 1 unspecified atom stereocenters. The number of benzene rings is 2. The zero-order valence-corrected chi connectivity index (χ0v) is 25.6. The van der Waals surface area contributed by atoms with E-state index in [1.165, 1.54) is 14.2 Å². The van der Waals surface area contributed by atoms with Crippen LogP contribution >= 0.6 is 0 Å². The van der Waals surface area contributed by atoms with E-state index in [1.807, 2.05) is 30.3 Å². The molecule has 5 atom stereocenters. The SMILES string of the molecule is COc1ccc(C[C@H](NC(=O)[C@H](C)NC(=O)CC2CNCCO2)C(=O)N[C@@H](Cc2ccccc2)C(=O)[C@@]2(C)CO2)cc1OC. The van der Waals surface area contributed by atoms with Crippen molar-refractivity contribution in [1.82, 2.24) is 21.3 Å². The number of ketones is 1. The number of rotatable bonds is 15. The van der Waals surface area contributed by atoms with Gasteiger partial charge in [-0.2, -0.15) is 0 Å². The van der Waals surface area contributed by atoms with Crippen LogP contribution in [0.3, 0.4) is 0 Å². The van der Waals surface area contributed by atoms with Gasteiger partial charge in [0.1, 0.15) is 17.7 Å². The molecule has 2 aliphatic rings. The van der Waals surface area contributed by atoms with Crippen LogP contribution in [0.4, 0.5) is 0 Å². The minimum absolute atomic E-state index is 0.0835. The molecular formula is C32H42N4O8. The maximum atomic E-state index is 13.8. The summed E-state index contributed by atoms with van der Waals surface area (Å²) in [4.78, 5) is 53.1. The molecule has 2 aliphatic heterocycles. The molecule has 44 heavy (non-hydrogen) atoms. The van der Waals surface area contributed by atoms with E-state index in [2.05, 4.69) is 21.3 Å². The van der Waals surface area contributed by atoms with Crippen molar-refractivity contribution in [2.75, 3.05) is 40.5 Å². The Balaban J connectivity index is 1.50. The fourth-order valence-electron chi connectivity index (χ4n) is 5.02. The normalized spacial score (nSPS) is 21.2. The van der Waals surface area contributed by atoms with E-state index >= 15 is 0 Å². The van der Waals surface area contributed by atoms with Crippen molar-refractivity contribution in [2.45, 2.75) is 62.9 Å². The van der Waals surface area contributed by atoms with Crippen LogP contribution in [0.15, 0.2) is 48.5 Å². The van der Waals surface area contributed by atoms with Crippen LogP contribution in [0.2, 0.25) is 0 Å². The number of carbonyl (C=O) groups excluding carboxylic acids is 4. The molecule has 12 nitrogen and oxygen atoms in total. The first-order valence-corrected chi connectivity index (χ1v) is 14.8. The molecule has 0 spiro atoms. The second-order valence-corrected chi connectivity index (χ2v) is 11.3. The number of morpholine rings is 1. The molecule has 2 saturated heterocycles. The van der Waals surface area contributed by atoms with E-state index in [-0.39, 0.29) is 43.7 Å². The summed E-state index contributed by atoms with van der Waals surface area (Å²) >= 11 is 0. The summed E-state index contributed by atoms with van der Waals surface area (Å²) in [6.45, 7) is 5.31. The smallest absolute Gasteiger partial charge is 0.243 e. The predicted molar refractivity (Wildman–Crippen MR) is 161 cm³/mol. The van der Waals surface area contributed by atoms with E-state index in [9.17, 15) is 19.2 Å². The second-order valence-electron chi connectivity index (χ2n) is 11.3. The third-order valence-electron chi connectivity index (χ3n) is 7.72. The van der Waals surface area contributed by atoms with Crippen LogP contribution in [0.25, 0.3) is 0 Å². The van der Waals surface area contributed by atoms with Crippen molar-refractivity contribution in [3.63, 3.8) is 0 Å². The van der Waals surface area contributed by atoms with E-state index in [1.54, 1.807) is 32.0 Å². The highest BCUT2D eigenvalue weighted by Gasteiger charge is 2.50. The molecule has 12 heteroatoms. The van der Waals surface area contributed by atoms with Gasteiger partial charge in [-0.05, 0) is 43.5 Å². The molecule has 0 bridgehead atoms. The first-order valence-electron chi connectivity index (χ1n) is 14.8. The molecule has 0 aliphatic carbocycles. The van der Waals surface area contributed by atoms with Crippen molar-refractivity contribution < 1.29 is 38.1 Å². The van der Waals surface area contributed by atoms with Gasteiger partial charge in [0.2, 0.25) is 17.7 Å². The van der Waals surface area contributed by atoms with Crippen molar-refractivity contribution in [2.24, 2.45) is 0 Å². The first kappa shape index (κ1) is 32.9. The Morgan fingerprint density at radius 1 is 0.932 bits per heavy atom. The third kappa shape index (κ3) is 9.01. The summed E-state index contributed by atoms with van der Waals surface area (Å²) in [7, 11) is 3.03. The molecular weight excluding hydrogens is 568 g/mol. The Bertz CT molecular complexity index is 1310. The van der Waals surface area contributed by atoms with Gasteiger partial charge in [0.25, 0.3) is 0 Å². The minimum Gasteiger partial charge on any atom is -0.493 e. The number of epoxide rings is 1. The molecule has 0 saturated carbocycles. The fraction of sp³-hybridized carbons (Fsp3) is 0.500. The summed E-state index contributed by atoms with van der Waals surface area (Å²) in [5.41, 5.74) is 0.583. The lowest BCUT2D eigenvalue weighted by molar-refractivity contribution is -0.134. The minimum atomic E-state index is -1.08. The summed E-state index contributed by atoms with van der Waals surface area (Å²) in [5, 5.41) is 11.5. The van der Waals surface area contributed by atoms with Gasteiger partial charge in [-0.25, -0.2) is 0 Å². The molecule has 2 aromatic carbocycles. The largest absolute Gasteiger partial charge is 0.493 e. The van der Waals surface area contributed by atoms with Gasteiger partial charge in [-0.15, -0.1) is 0 Å². The van der Waals surface area contributed by atoms with Crippen molar-refractivity contribution in [1.29, 1.82) is 0 Å². The van der Waals surface area contributed by atoms with Crippen molar-refractivity contribution in [3.8, 4) is 11.5 Å². The number of methoxy groups -OCH3 is 2. The topological polar surface area (TPSA) is 157 Å². The van der Waals surface area contributed by atoms with Crippen LogP contribution in [0, 0.1) is 0 Å². The lowest BCUT2D eigenvalue weighted by Gasteiger charge is -2.26. The number of hydrogen-bond donors (Lipinski definition) is 4. The highest BCUT2D eigenvalue weighted by atomic mass is 16.6. The number of nitrogens with one attached hydrogen (secondary N) is 4. The lowest BCUT2D eigenvalue weighted by Crippen LogP contribution is -2.57. The van der Waals surface area contributed by atoms with Crippen LogP contribution in [-0.4, -0.2) is 93.9 Å². The molecule has 238 valence electrons. The average Bonchev–Trinajstić information content (AvgIpc) is 3.78. The van der Waals surface area contributed by atoms with Gasteiger partial charge in [0, 0.05) is 19.5 Å². The van der Waals surface area contributed by atoms with E-state index < -0.39 is 35.5 Å². The van der Waals surface area contributed by atoms with Crippen LogP contribution in [-0.2, 0) is 41.5 Å². The zero-order chi connectivity index (χ0) is 31.7. The Morgan fingerprint density at radius 2 is 1.61 bits per heavy atom. The van der Waals surface area contributed by atoms with Gasteiger partial charge < -0.3 is 40.2 Å². The van der Waals surface area contributed by atoms with E-state index in [0.717, 1.165) is 12.1 Å². The van der Waals surface area contributed by atoms with Gasteiger partial charge in [0.05, 0.1) is 46.0 Å². The highest BCUT2D eigenvalue weighted by Crippen LogP contribution is 2.30. The highest BCUT2D eigenvalue weighted by molar-refractivity contribution is 5.98. The predicted octanol–water partition coefficient (Wildman–Crippen LogP) is 0.700. The van der Waals surface area contributed by atoms with Crippen LogP contribution < -0.4 is 30.7 Å². The Labute approximate surface area is 257 Å². The number of hydrogen-bond acceptors (Lipinski definition) is 9. The van der Waals surface area contributed by atoms with Crippen molar-refractivity contribution >= 4 is 23.5 Å². The number of carbonyl (C=O) groups is 4. The Kier molecular flexibility index (Phi) is 11.3. The molecule has 0 radical (unpaired) electrons. The number of ether oxygens (including phenoxy) is 4. The average molecular weight is 611 g/mol. The summed E-state index contributed by atoms with van der Waals surface area (Å²) in [5.74, 6) is -0.705. The van der Waals surface area contributed by atoms with E-state index in [0.29, 0.717) is 30.2 Å². The summed E-state index contributed by atoms with van der Waals surface area (Å²) in [6.07, 6.45) is 0.162. The van der Waals surface area contributed by atoms with Gasteiger partial charge >= 0.3 is 0 Å². The monoisotopic (exact) mass is 610 g/mol. The molecule has 4 rings (SSSR count). The standard InChI is InChI=1S/C32H42N4O8/c1-20(34-28(37)17-23-18-33-12-13-43-23)30(39)36-25(15-22-10-11-26(41-3)27(16-22)42-4)31(40)35-24(29(38)32(2)19-44-32)14-21-8-6-5-7-9-21/h5-11,16,20,23-25,33H,12-15,17-19H2,1-4H3,(H,34,37)(H,35,40)(H,36,39)/t20-,23?,24-,25-,32+/m0/s1. The lowest BCUT2D eigenvalue weighted by atomic mass is 9.94. The van der Waals surface area contributed by atoms with Gasteiger partial charge in [-0.1, -0.05) is 36.4 Å². The second kappa shape index (κ2) is 15.1. The molecule has 2 aromatic rings. The quantitative estimate of drug-likeness (QED) is 0.213. The summed E-state index contributed by atoms with van der Waals surface area (Å²) < 4.78 is 21.7. The molecule has 2 heterocycles. The number of Topliss-reactive ketones (excluding diaryl/α,β-unsaturated/α-hetero) is 1. The molecule has 4 N–H and O–H groups in total. The Hall–Kier alpha value is -4.00. The Morgan fingerprint density at radius 3 is 2.25 bits per heavy atom. The molecule has 2 fully saturated rings. The summed E-state index contributed by atoms with van der Waals surface area (Å²) in [6, 6.07) is 11.7. The third-order valence-corrected chi connectivity index (χ3v) is 7.72. The first-order chi connectivity index (χ1) is 21.1. The van der Waals surface area contributed by atoms with E-state index in [4.69, 9.17) is 18.9 Å². The maximum Gasteiger partial charge on any atom is 0.243 e. The van der Waals surface area contributed by atoms with Crippen LogP contribution in [0.1, 0.15) is 31.4 Å². The number of amides is 3. The van der Waals surface area contributed by atoms with Crippen LogP contribution in [0.5, 0.6) is 11.5 Å².